The van der Waals surface area contributed by atoms with Crippen molar-refractivity contribution < 1.29 is 18.9 Å². The molecule has 0 saturated heterocycles. The van der Waals surface area contributed by atoms with Crippen LogP contribution in [0.15, 0.2) is 71.1 Å². The maximum Gasteiger partial charge on any atom is 0.433 e. The number of carbonyl (C=O) groups excluding carboxylic acids is 2. The maximum absolute atomic E-state index is 12.3. The van der Waals surface area contributed by atoms with Crippen LogP contribution in [0, 0.1) is 10.1 Å². The average molecular weight is 336 g/mol. The fourth-order valence-electron chi connectivity index (χ4n) is 2.20. The number of amides is 1. The number of carbonyl (C=O) groups is 2. The van der Waals surface area contributed by atoms with Gasteiger partial charge in [0.25, 0.3) is 5.91 Å². The Kier molecular flexibility index (Phi) is 4.38. The molecule has 0 spiro atoms. The topological polar surface area (TPSA) is 102 Å². The second-order valence-corrected chi connectivity index (χ2v) is 5.12. The summed E-state index contributed by atoms with van der Waals surface area (Å²) in [6, 6.07) is 17.5. The molecule has 1 amide bonds. The van der Waals surface area contributed by atoms with Gasteiger partial charge in [0.1, 0.15) is 4.92 Å². The molecule has 3 aromatic rings. The molecular weight excluding hydrogens is 324 g/mol. The highest BCUT2D eigenvalue weighted by atomic mass is 16.6. The number of hydrogen-bond donors (Lipinski definition) is 1. The molecular formula is C18H12N2O5. The van der Waals surface area contributed by atoms with Crippen LogP contribution in [0.5, 0.6) is 0 Å². The molecule has 3 rings (SSSR count). The van der Waals surface area contributed by atoms with Crippen molar-refractivity contribution in [2.24, 2.45) is 0 Å². The van der Waals surface area contributed by atoms with Crippen LogP contribution in [-0.4, -0.2) is 16.6 Å². The first kappa shape index (κ1) is 16.1. The van der Waals surface area contributed by atoms with Crippen molar-refractivity contribution in [2.75, 3.05) is 5.32 Å². The molecule has 0 atom stereocenters. The third kappa shape index (κ3) is 3.61. The van der Waals surface area contributed by atoms with E-state index >= 15 is 0 Å². The normalized spacial score (nSPS) is 10.2. The van der Waals surface area contributed by atoms with Crippen LogP contribution in [0.25, 0.3) is 0 Å². The molecule has 0 fully saturated rings. The Labute approximate surface area is 142 Å². The Bertz CT molecular complexity index is 930. The number of rotatable bonds is 5. The van der Waals surface area contributed by atoms with E-state index in [0.717, 1.165) is 6.07 Å². The van der Waals surface area contributed by atoms with Gasteiger partial charge in [0.2, 0.25) is 0 Å². The lowest BCUT2D eigenvalue weighted by molar-refractivity contribution is -0.402. The molecule has 1 heterocycles. The van der Waals surface area contributed by atoms with Crippen molar-refractivity contribution >= 4 is 23.3 Å². The first-order valence-electron chi connectivity index (χ1n) is 7.30. The van der Waals surface area contributed by atoms with E-state index < -0.39 is 16.7 Å². The Morgan fingerprint density at radius 1 is 0.880 bits per heavy atom. The quantitative estimate of drug-likeness (QED) is 0.435. The molecule has 0 saturated carbocycles. The standard InChI is InChI=1S/C18H12N2O5/c21-17(12-4-2-1-3-5-12)13-6-8-14(9-7-13)19-18(22)15-10-11-16(25-15)20(23)24/h1-11H,(H,19,22). The lowest BCUT2D eigenvalue weighted by Gasteiger charge is -2.05. The van der Waals surface area contributed by atoms with Gasteiger partial charge in [0.15, 0.2) is 11.5 Å². The molecule has 0 bridgehead atoms. The number of nitrogens with one attached hydrogen (secondary N) is 1. The minimum Gasteiger partial charge on any atom is -0.395 e. The molecule has 124 valence electrons. The van der Waals surface area contributed by atoms with Gasteiger partial charge in [0, 0.05) is 16.8 Å². The van der Waals surface area contributed by atoms with E-state index in [1.165, 1.54) is 6.07 Å². The zero-order valence-corrected chi connectivity index (χ0v) is 12.8. The van der Waals surface area contributed by atoms with Gasteiger partial charge in [-0.15, -0.1) is 0 Å². The zero-order chi connectivity index (χ0) is 17.8. The van der Waals surface area contributed by atoms with Gasteiger partial charge in [-0.3, -0.25) is 19.7 Å². The van der Waals surface area contributed by atoms with Crippen LogP contribution >= 0.6 is 0 Å². The summed E-state index contributed by atoms with van der Waals surface area (Å²) in [4.78, 5) is 34.1. The summed E-state index contributed by atoms with van der Waals surface area (Å²) >= 11 is 0. The Morgan fingerprint density at radius 2 is 1.52 bits per heavy atom. The molecule has 1 aromatic heterocycles. The minimum atomic E-state index is -0.721. The first-order valence-corrected chi connectivity index (χ1v) is 7.30. The number of anilines is 1. The third-order valence-corrected chi connectivity index (χ3v) is 3.44. The van der Waals surface area contributed by atoms with Crippen molar-refractivity contribution in [3.05, 3.63) is 93.7 Å². The Balaban J connectivity index is 1.71. The van der Waals surface area contributed by atoms with Crippen LogP contribution in [0.4, 0.5) is 11.6 Å². The zero-order valence-electron chi connectivity index (χ0n) is 12.8. The van der Waals surface area contributed by atoms with E-state index in [1.54, 1.807) is 48.5 Å². The van der Waals surface area contributed by atoms with E-state index in [2.05, 4.69) is 5.32 Å². The van der Waals surface area contributed by atoms with Crippen molar-refractivity contribution in [2.45, 2.75) is 0 Å². The van der Waals surface area contributed by atoms with Gasteiger partial charge >= 0.3 is 5.88 Å². The van der Waals surface area contributed by atoms with Crippen molar-refractivity contribution in [3.8, 4) is 0 Å². The van der Waals surface area contributed by atoms with Crippen molar-refractivity contribution in [3.63, 3.8) is 0 Å². The van der Waals surface area contributed by atoms with Gasteiger partial charge in [-0.25, -0.2) is 0 Å². The molecule has 2 aromatic carbocycles. The summed E-state index contributed by atoms with van der Waals surface area (Å²) in [7, 11) is 0. The van der Waals surface area contributed by atoms with Crippen LogP contribution in [-0.2, 0) is 0 Å². The van der Waals surface area contributed by atoms with Gasteiger partial charge in [-0.2, -0.15) is 0 Å². The number of furan rings is 1. The molecule has 0 aliphatic carbocycles. The summed E-state index contributed by atoms with van der Waals surface area (Å²) in [5.74, 6) is -1.42. The SMILES string of the molecule is O=C(c1ccccc1)c1ccc(NC(=O)c2ccc([N+](=O)[O-])o2)cc1. The monoisotopic (exact) mass is 336 g/mol. The highest BCUT2D eigenvalue weighted by Gasteiger charge is 2.17. The predicted octanol–water partition coefficient (Wildman–Crippen LogP) is 3.67. The summed E-state index contributed by atoms with van der Waals surface area (Å²) in [6.45, 7) is 0. The number of hydrogen-bond acceptors (Lipinski definition) is 5. The van der Waals surface area contributed by atoms with Crippen LogP contribution in [0.1, 0.15) is 26.5 Å². The van der Waals surface area contributed by atoms with Gasteiger partial charge in [0.05, 0.1) is 6.07 Å². The van der Waals surface area contributed by atoms with E-state index in [9.17, 15) is 19.7 Å². The van der Waals surface area contributed by atoms with Gasteiger partial charge in [-0.1, -0.05) is 30.3 Å². The van der Waals surface area contributed by atoms with Crippen LogP contribution in [0.3, 0.4) is 0 Å². The number of ketones is 1. The average Bonchev–Trinajstić information content (AvgIpc) is 3.13. The molecule has 1 N–H and O–H groups in total. The molecule has 0 aliphatic rings. The van der Waals surface area contributed by atoms with E-state index in [0.29, 0.717) is 16.8 Å². The molecule has 0 unspecified atom stereocenters. The Morgan fingerprint density at radius 3 is 2.12 bits per heavy atom. The molecule has 7 nitrogen and oxygen atoms in total. The number of nitro groups is 1. The lowest BCUT2D eigenvalue weighted by Crippen LogP contribution is -2.11. The number of benzene rings is 2. The van der Waals surface area contributed by atoms with Crippen molar-refractivity contribution in [1.29, 1.82) is 0 Å². The van der Waals surface area contributed by atoms with E-state index in [4.69, 9.17) is 4.42 Å². The minimum absolute atomic E-state index is 0.125. The highest BCUT2D eigenvalue weighted by Crippen LogP contribution is 2.18. The fraction of sp³-hybridized carbons (Fsp3) is 0. The predicted molar refractivity (Wildman–Crippen MR) is 89.6 cm³/mol. The van der Waals surface area contributed by atoms with Crippen LogP contribution < -0.4 is 5.32 Å². The van der Waals surface area contributed by atoms with E-state index in [-0.39, 0.29) is 11.5 Å². The van der Waals surface area contributed by atoms with Gasteiger partial charge < -0.3 is 9.73 Å². The molecule has 7 heteroatoms. The van der Waals surface area contributed by atoms with E-state index in [1.807, 2.05) is 6.07 Å². The first-order chi connectivity index (χ1) is 12.0. The summed E-state index contributed by atoms with van der Waals surface area (Å²) in [6.07, 6.45) is 0. The lowest BCUT2D eigenvalue weighted by atomic mass is 10.0. The van der Waals surface area contributed by atoms with Gasteiger partial charge in [-0.05, 0) is 30.3 Å². The fourth-order valence-corrected chi connectivity index (χ4v) is 2.20. The largest absolute Gasteiger partial charge is 0.433 e. The van der Waals surface area contributed by atoms with Crippen molar-refractivity contribution in [1.82, 2.24) is 0 Å². The molecule has 0 aliphatic heterocycles. The third-order valence-electron chi connectivity index (χ3n) is 3.44. The van der Waals surface area contributed by atoms with Crippen LogP contribution in [0.2, 0.25) is 0 Å². The Hall–Kier alpha value is -3.74. The smallest absolute Gasteiger partial charge is 0.395 e. The summed E-state index contributed by atoms with van der Waals surface area (Å²) in [5, 5.41) is 13.1. The molecule has 25 heavy (non-hydrogen) atoms. The summed E-state index contributed by atoms with van der Waals surface area (Å²) in [5.41, 5.74) is 1.49. The second-order valence-electron chi connectivity index (χ2n) is 5.12. The summed E-state index contributed by atoms with van der Waals surface area (Å²) < 4.78 is 4.83. The maximum atomic E-state index is 12.3. The number of nitrogens with zero attached hydrogens (tertiary/aromatic N) is 1. The second kappa shape index (κ2) is 6.79. The molecule has 0 radical (unpaired) electrons. The highest BCUT2D eigenvalue weighted by molar-refractivity contribution is 6.09.